The lowest BCUT2D eigenvalue weighted by molar-refractivity contribution is 0.289. The second kappa shape index (κ2) is 6.33. The molecule has 1 atom stereocenters. The zero-order valence-corrected chi connectivity index (χ0v) is 12.5. The zero-order chi connectivity index (χ0) is 14.7. The summed E-state index contributed by atoms with van der Waals surface area (Å²) in [5, 5.41) is 0. The standard InChI is InChI=1S/C15H14BrF2NO/c1-9(19)11-2-3-15(14(18)6-11)20-8-10-4-12(16)7-13(17)5-10/h2-7,9H,8,19H2,1H3/t9-/m1/s1. The van der Waals surface area contributed by atoms with E-state index in [4.69, 9.17) is 10.5 Å². The number of benzene rings is 2. The molecule has 0 fully saturated rings. The molecular formula is C15H14BrF2NO. The Balaban J connectivity index is 2.11. The first kappa shape index (κ1) is 14.9. The maximum Gasteiger partial charge on any atom is 0.165 e. The molecule has 2 aromatic carbocycles. The van der Waals surface area contributed by atoms with Gasteiger partial charge in [-0.2, -0.15) is 0 Å². The molecule has 0 spiro atoms. The van der Waals surface area contributed by atoms with Gasteiger partial charge in [-0.3, -0.25) is 0 Å². The van der Waals surface area contributed by atoms with Crippen molar-refractivity contribution in [2.24, 2.45) is 5.73 Å². The first-order chi connectivity index (χ1) is 9.45. The molecule has 0 saturated heterocycles. The summed E-state index contributed by atoms with van der Waals surface area (Å²) in [6.07, 6.45) is 0. The van der Waals surface area contributed by atoms with E-state index in [9.17, 15) is 8.78 Å². The summed E-state index contributed by atoms with van der Waals surface area (Å²) in [5.74, 6) is -0.726. The molecular weight excluding hydrogens is 328 g/mol. The normalized spacial score (nSPS) is 12.2. The molecule has 2 rings (SSSR count). The van der Waals surface area contributed by atoms with Crippen LogP contribution >= 0.6 is 15.9 Å². The third-order valence-corrected chi connectivity index (χ3v) is 3.26. The predicted octanol–water partition coefficient (Wildman–Crippen LogP) is 4.33. The minimum Gasteiger partial charge on any atom is -0.486 e. The van der Waals surface area contributed by atoms with Crippen molar-refractivity contribution in [1.82, 2.24) is 0 Å². The van der Waals surface area contributed by atoms with Crippen LogP contribution in [0.5, 0.6) is 5.75 Å². The number of hydrogen-bond donors (Lipinski definition) is 1. The highest BCUT2D eigenvalue weighted by Gasteiger charge is 2.08. The van der Waals surface area contributed by atoms with Crippen LogP contribution in [0, 0.1) is 11.6 Å². The molecule has 0 bridgehead atoms. The summed E-state index contributed by atoms with van der Waals surface area (Å²) in [5.41, 5.74) is 6.99. The zero-order valence-electron chi connectivity index (χ0n) is 10.9. The van der Waals surface area contributed by atoms with E-state index in [1.165, 1.54) is 24.3 Å². The summed E-state index contributed by atoms with van der Waals surface area (Å²) >= 11 is 3.20. The molecule has 0 aliphatic heterocycles. The van der Waals surface area contributed by atoms with Crippen molar-refractivity contribution in [1.29, 1.82) is 0 Å². The molecule has 0 aliphatic rings. The van der Waals surface area contributed by atoms with Crippen molar-refractivity contribution in [3.05, 3.63) is 63.6 Å². The minimum atomic E-state index is -0.477. The van der Waals surface area contributed by atoms with Crippen LogP contribution in [-0.4, -0.2) is 0 Å². The molecule has 2 aromatic rings. The van der Waals surface area contributed by atoms with E-state index >= 15 is 0 Å². The van der Waals surface area contributed by atoms with E-state index in [1.807, 2.05) is 0 Å². The average molecular weight is 342 g/mol. The highest BCUT2D eigenvalue weighted by Crippen LogP contribution is 2.23. The molecule has 0 heterocycles. The van der Waals surface area contributed by atoms with Crippen molar-refractivity contribution in [2.75, 3.05) is 0 Å². The van der Waals surface area contributed by atoms with Gasteiger partial charge in [0.1, 0.15) is 12.4 Å². The largest absolute Gasteiger partial charge is 0.486 e. The van der Waals surface area contributed by atoms with Gasteiger partial charge in [0.25, 0.3) is 0 Å². The lowest BCUT2D eigenvalue weighted by Gasteiger charge is -2.11. The van der Waals surface area contributed by atoms with Crippen molar-refractivity contribution in [3.63, 3.8) is 0 Å². The summed E-state index contributed by atoms with van der Waals surface area (Å²) in [6, 6.07) is 8.77. The topological polar surface area (TPSA) is 35.2 Å². The van der Waals surface area contributed by atoms with Gasteiger partial charge in [0.05, 0.1) is 0 Å². The van der Waals surface area contributed by atoms with Crippen molar-refractivity contribution in [2.45, 2.75) is 19.6 Å². The molecule has 2 N–H and O–H groups in total. The van der Waals surface area contributed by atoms with E-state index < -0.39 is 5.82 Å². The quantitative estimate of drug-likeness (QED) is 0.898. The monoisotopic (exact) mass is 341 g/mol. The Hall–Kier alpha value is -1.46. The Morgan fingerprint density at radius 2 is 1.95 bits per heavy atom. The highest BCUT2D eigenvalue weighted by molar-refractivity contribution is 9.10. The van der Waals surface area contributed by atoms with Gasteiger partial charge in [-0.05, 0) is 48.4 Å². The lowest BCUT2D eigenvalue weighted by Crippen LogP contribution is -2.06. The first-order valence-electron chi connectivity index (χ1n) is 6.08. The van der Waals surface area contributed by atoms with Crippen LogP contribution in [0.1, 0.15) is 24.1 Å². The maximum atomic E-state index is 13.8. The third kappa shape index (κ3) is 3.77. The van der Waals surface area contributed by atoms with E-state index in [1.54, 1.807) is 19.1 Å². The Labute approximate surface area is 124 Å². The molecule has 106 valence electrons. The van der Waals surface area contributed by atoms with Gasteiger partial charge in [-0.25, -0.2) is 8.78 Å². The smallest absolute Gasteiger partial charge is 0.165 e. The summed E-state index contributed by atoms with van der Waals surface area (Å²) in [7, 11) is 0. The number of halogens is 3. The summed E-state index contributed by atoms with van der Waals surface area (Å²) in [4.78, 5) is 0. The van der Waals surface area contributed by atoms with E-state index in [0.29, 0.717) is 15.6 Å². The number of nitrogens with two attached hydrogens (primary N) is 1. The summed E-state index contributed by atoms with van der Waals surface area (Å²) in [6.45, 7) is 1.87. The Morgan fingerprint density at radius 3 is 2.55 bits per heavy atom. The molecule has 2 nitrogen and oxygen atoms in total. The molecule has 0 aromatic heterocycles. The predicted molar refractivity (Wildman–Crippen MR) is 77.4 cm³/mol. The van der Waals surface area contributed by atoms with Gasteiger partial charge in [0.2, 0.25) is 0 Å². The minimum absolute atomic E-state index is 0.0881. The Kier molecular flexibility index (Phi) is 4.73. The van der Waals surface area contributed by atoms with Crippen LogP contribution in [0.4, 0.5) is 8.78 Å². The Morgan fingerprint density at radius 1 is 1.20 bits per heavy atom. The lowest BCUT2D eigenvalue weighted by atomic mass is 10.1. The van der Waals surface area contributed by atoms with Crippen LogP contribution in [0.15, 0.2) is 40.9 Å². The maximum absolute atomic E-state index is 13.8. The molecule has 0 aliphatic carbocycles. The molecule has 0 unspecified atom stereocenters. The van der Waals surface area contributed by atoms with Gasteiger partial charge < -0.3 is 10.5 Å². The summed E-state index contributed by atoms with van der Waals surface area (Å²) < 4.78 is 33.0. The highest BCUT2D eigenvalue weighted by atomic mass is 79.9. The fourth-order valence-electron chi connectivity index (χ4n) is 1.77. The van der Waals surface area contributed by atoms with E-state index in [-0.39, 0.29) is 24.2 Å². The second-order valence-electron chi connectivity index (χ2n) is 4.54. The molecule has 20 heavy (non-hydrogen) atoms. The fourth-order valence-corrected chi connectivity index (χ4v) is 2.29. The van der Waals surface area contributed by atoms with Gasteiger partial charge in [-0.1, -0.05) is 22.0 Å². The van der Waals surface area contributed by atoms with E-state index in [2.05, 4.69) is 15.9 Å². The van der Waals surface area contributed by atoms with Gasteiger partial charge in [-0.15, -0.1) is 0 Å². The molecule has 0 saturated carbocycles. The molecule has 5 heteroatoms. The number of ether oxygens (including phenoxy) is 1. The van der Waals surface area contributed by atoms with Crippen molar-refractivity contribution in [3.8, 4) is 5.75 Å². The number of hydrogen-bond acceptors (Lipinski definition) is 2. The first-order valence-corrected chi connectivity index (χ1v) is 6.88. The van der Waals surface area contributed by atoms with Crippen LogP contribution in [-0.2, 0) is 6.61 Å². The van der Waals surface area contributed by atoms with Crippen LogP contribution in [0.3, 0.4) is 0 Å². The van der Waals surface area contributed by atoms with Crippen molar-refractivity contribution < 1.29 is 13.5 Å². The molecule has 0 radical (unpaired) electrons. The van der Waals surface area contributed by atoms with Crippen molar-refractivity contribution >= 4 is 15.9 Å². The number of rotatable bonds is 4. The van der Waals surface area contributed by atoms with Crippen LogP contribution < -0.4 is 10.5 Å². The van der Waals surface area contributed by atoms with E-state index in [0.717, 1.165) is 0 Å². The van der Waals surface area contributed by atoms with Gasteiger partial charge in [0, 0.05) is 10.5 Å². The second-order valence-corrected chi connectivity index (χ2v) is 5.46. The molecule has 0 amide bonds. The average Bonchev–Trinajstić information content (AvgIpc) is 2.36. The van der Waals surface area contributed by atoms with Crippen LogP contribution in [0.25, 0.3) is 0 Å². The van der Waals surface area contributed by atoms with Gasteiger partial charge >= 0.3 is 0 Å². The fraction of sp³-hybridized carbons (Fsp3) is 0.200. The van der Waals surface area contributed by atoms with Crippen LogP contribution in [0.2, 0.25) is 0 Å². The SMILES string of the molecule is C[C@@H](N)c1ccc(OCc2cc(F)cc(Br)c2)c(F)c1. The third-order valence-electron chi connectivity index (χ3n) is 2.80. The van der Waals surface area contributed by atoms with Gasteiger partial charge in [0.15, 0.2) is 11.6 Å². The Bertz CT molecular complexity index is 597.